The average molecular weight is 356 g/mol. The zero-order valence-electron chi connectivity index (χ0n) is 8.00. The topological polar surface area (TPSA) is 69.1 Å². The van der Waals surface area contributed by atoms with E-state index in [9.17, 15) is 4.79 Å². The van der Waals surface area contributed by atoms with Crippen LogP contribution >= 0.6 is 43.2 Å². The molecule has 1 atom stereocenters. The molecule has 1 amide bonds. The maximum Gasteiger partial charge on any atom is 0.217 e. The predicted molar refractivity (Wildman–Crippen MR) is 69.7 cm³/mol. The summed E-state index contributed by atoms with van der Waals surface area (Å²) in [6.07, 6.45) is 1.92. The molecule has 3 nitrogen and oxygen atoms in total. The Morgan fingerprint density at radius 3 is 2.67 bits per heavy atom. The molecule has 0 spiro atoms. The number of carbonyl (C=O) groups is 1. The summed E-state index contributed by atoms with van der Waals surface area (Å²) in [6, 6.07) is 1.99. The highest BCUT2D eigenvalue weighted by Gasteiger charge is 2.11. The largest absolute Gasteiger partial charge is 0.370 e. The summed E-state index contributed by atoms with van der Waals surface area (Å²) in [7, 11) is 0. The van der Waals surface area contributed by atoms with Crippen LogP contribution in [0.3, 0.4) is 0 Å². The van der Waals surface area contributed by atoms with Gasteiger partial charge in [0.15, 0.2) is 0 Å². The molecule has 1 aromatic heterocycles. The minimum atomic E-state index is -0.268. The van der Waals surface area contributed by atoms with Gasteiger partial charge in [-0.2, -0.15) is 0 Å². The van der Waals surface area contributed by atoms with Gasteiger partial charge in [-0.05, 0) is 50.8 Å². The van der Waals surface area contributed by atoms with Gasteiger partial charge in [0.25, 0.3) is 0 Å². The van der Waals surface area contributed by atoms with E-state index >= 15 is 0 Å². The molecular weight excluding hydrogens is 344 g/mol. The van der Waals surface area contributed by atoms with Gasteiger partial charge in [-0.1, -0.05) is 0 Å². The molecule has 1 unspecified atom stereocenters. The zero-order valence-corrected chi connectivity index (χ0v) is 12.0. The first-order valence-corrected chi connectivity index (χ1v) is 6.89. The maximum absolute atomic E-state index is 10.5. The van der Waals surface area contributed by atoms with Gasteiger partial charge in [0.1, 0.15) is 0 Å². The van der Waals surface area contributed by atoms with Gasteiger partial charge in [-0.3, -0.25) is 4.79 Å². The van der Waals surface area contributed by atoms with Crippen molar-refractivity contribution in [1.82, 2.24) is 0 Å². The number of thiophene rings is 1. The lowest BCUT2D eigenvalue weighted by Crippen LogP contribution is -2.13. The average Bonchev–Trinajstić information content (AvgIpc) is 2.46. The SMILES string of the molecule is NC(=O)CCCC(N)c1cc(Br)c(Br)s1. The van der Waals surface area contributed by atoms with E-state index in [1.165, 1.54) is 0 Å². The number of hydrogen-bond acceptors (Lipinski definition) is 3. The minimum absolute atomic E-state index is 0.0167. The maximum atomic E-state index is 10.5. The summed E-state index contributed by atoms with van der Waals surface area (Å²) in [5.74, 6) is -0.268. The molecule has 4 N–H and O–H groups in total. The number of amides is 1. The van der Waals surface area contributed by atoms with Crippen LogP contribution in [-0.2, 0) is 4.79 Å². The van der Waals surface area contributed by atoms with Crippen molar-refractivity contribution in [3.8, 4) is 0 Å². The Balaban J connectivity index is 2.46. The molecule has 0 aliphatic heterocycles. The third kappa shape index (κ3) is 4.22. The summed E-state index contributed by atoms with van der Waals surface area (Å²) in [6.45, 7) is 0. The Hall–Kier alpha value is 0.0900. The highest BCUT2D eigenvalue weighted by molar-refractivity contribution is 9.13. The molecule has 0 aliphatic rings. The third-order valence-corrected chi connectivity index (χ3v) is 5.36. The van der Waals surface area contributed by atoms with Gasteiger partial charge in [0.05, 0.1) is 3.79 Å². The van der Waals surface area contributed by atoms with Crippen molar-refractivity contribution in [3.05, 3.63) is 19.2 Å². The summed E-state index contributed by atoms with van der Waals surface area (Å²) >= 11 is 8.44. The standard InChI is InChI=1S/C9H12Br2N2OS/c10-5-4-7(15-9(5)11)6(12)2-1-3-8(13)14/h4,6H,1-3,12H2,(H2,13,14). The number of rotatable bonds is 5. The quantitative estimate of drug-likeness (QED) is 0.852. The van der Waals surface area contributed by atoms with Crippen LogP contribution in [0.5, 0.6) is 0 Å². The summed E-state index contributed by atoms with van der Waals surface area (Å²) in [5, 5.41) is 0. The van der Waals surface area contributed by atoms with Crippen LogP contribution in [0.1, 0.15) is 30.2 Å². The van der Waals surface area contributed by atoms with Gasteiger partial charge in [0.2, 0.25) is 5.91 Å². The number of carbonyl (C=O) groups excluding carboxylic acids is 1. The van der Waals surface area contributed by atoms with Crippen LogP contribution in [0.15, 0.2) is 14.3 Å². The first-order valence-electron chi connectivity index (χ1n) is 4.49. The van der Waals surface area contributed by atoms with Gasteiger partial charge < -0.3 is 11.5 Å². The smallest absolute Gasteiger partial charge is 0.217 e. The number of nitrogens with two attached hydrogens (primary N) is 2. The monoisotopic (exact) mass is 354 g/mol. The summed E-state index contributed by atoms with van der Waals surface area (Å²) in [4.78, 5) is 11.7. The Morgan fingerprint density at radius 2 is 2.20 bits per heavy atom. The molecule has 1 rings (SSSR count). The van der Waals surface area contributed by atoms with Crippen molar-refractivity contribution in [2.45, 2.75) is 25.3 Å². The van der Waals surface area contributed by atoms with E-state index < -0.39 is 0 Å². The molecule has 0 radical (unpaired) electrons. The van der Waals surface area contributed by atoms with E-state index in [-0.39, 0.29) is 11.9 Å². The fourth-order valence-corrected chi connectivity index (χ4v) is 3.31. The van der Waals surface area contributed by atoms with E-state index in [0.29, 0.717) is 6.42 Å². The third-order valence-electron chi connectivity index (χ3n) is 1.97. The van der Waals surface area contributed by atoms with E-state index in [0.717, 1.165) is 26.0 Å². The number of hydrogen-bond donors (Lipinski definition) is 2. The molecule has 0 saturated heterocycles. The molecule has 0 bridgehead atoms. The highest BCUT2D eigenvalue weighted by Crippen LogP contribution is 2.35. The van der Waals surface area contributed by atoms with Crippen molar-refractivity contribution in [3.63, 3.8) is 0 Å². The van der Waals surface area contributed by atoms with Crippen molar-refractivity contribution < 1.29 is 4.79 Å². The second-order valence-corrected chi connectivity index (χ2v) is 6.49. The first kappa shape index (κ1) is 13.2. The van der Waals surface area contributed by atoms with Crippen LogP contribution < -0.4 is 11.5 Å². The van der Waals surface area contributed by atoms with Crippen molar-refractivity contribution in [1.29, 1.82) is 0 Å². The molecular formula is C9H12Br2N2OS. The minimum Gasteiger partial charge on any atom is -0.370 e. The molecule has 6 heteroatoms. The Bertz CT molecular complexity index is 334. The van der Waals surface area contributed by atoms with Gasteiger partial charge in [-0.25, -0.2) is 0 Å². The first-order chi connectivity index (χ1) is 7.00. The van der Waals surface area contributed by atoms with Crippen LogP contribution in [0.2, 0.25) is 0 Å². The Labute approximate surface area is 109 Å². The molecule has 1 aromatic rings. The van der Waals surface area contributed by atoms with Crippen LogP contribution in [0.4, 0.5) is 0 Å². The second kappa shape index (κ2) is 5.98. The number of primary amides is 1. The summed E-state index contributed by atoms with van der Waals surface area (Å²) < 4.78 is 2.07. The van der Waals surface area contributed by atoms with Crippen molar-refractivity contribution in [2.75, 3.05) is 0 Å². The molecule has 0 aromatic carbocycles. The van der Waals surface area contributed by atoms with Gasteiger partial charge in [0, 0.05) is 21.8 Å². The molecule has 0 fully saturated rings. The predicted octanol–water partition coefficient (Wildman–Crippen LogP) is 2.93. The second-order valence-electron chi connectivity index (χ2n) is 3.24. The highest BCUT2D eigenvalue weighted by atomic mass is 79.9. The molecule has 0 aliphatic carbocycles. The van der Waals surface area contributed by atoms with Crippen molar-refractivity contribution in [2.24, 2.45) is 11.5 Å². The van der Waals surface area contributed by atoms with E-state index in [2.05, 4.69) is 31.9 Å². The normalized spacial score (nSPS) is 12.7. The fourth-order valence-electron chi connectivity index (χ4n) is 1.18. The number of halogens is 2. The van der Waals surface area contributed by atoms with Crippen LogP contribution in [0.25, 0.3) is 0 Å². The Morgan fingerprint density at radius 1 is 1.53 bits per heavy atom. The molecule has 0 saturated carbocycles. The van der Waals surface area contributed by atoms with E-state index in [1.54, 1.807) is 11.3 Å². The molecule has 84 valence electrons. The van der Waals surface area contributed by atoms with E-state index in [1.807, 2.05) is 6.07 Å². The van der Waals surface area contributed by atoms with Gasteiger partial charge in [-0.15, -0.1) is 11.3 Å². The van der Waals surface area contributed by atoms with Gasteiger partial charge >= 0.3 is 0 Å². The fraction of sp³-hybridized carbons (Fsp3) is 0.444. The lowest BCUT2D eigenvalue weighted by Gasteiger charge is -2.07. The van der Waals surface area contributed by atoms with Crippen LogP contribution in [0, 0.1) is 0 Å². The van der Waals surface area contributed by atoms with E-state index in [4.69, 9.17) is 11.5 Å². The molecule has 15 heavy (non-hydrogen) atoms. The Kier molecular flexibility index (Phi) is 5.25. The lowest BCUT2D eigenvalue weighted by molar-refractivity contribution is -0.118. The zero-order chi connectivity index (χ0) is 11.4. The van der Waals surface area contributed by atoms with Crippen molar-refractivity contribution >= 4 is 49.1 Å². The lowest BCUT2D eigenvalue weighted by atomic mass is 10.1. The summed E-state index contributed by atoms with van der Waals surface area (Å²) in [5.41, 5.74) is 11.0. The molecule has 1 heterocycles. The van der Waals surface area contributed by atoms with Crippen LogP contribution in [-0.4, -0.2) is 5.91 Å².